The fourth-order valence-corrected chi connectivity index (χ4v) is 3.52. The van der Waals surface area contributed by atoms with Crippen molar-refractivity contribution in [2.24, 2.45) is 16.0 Å². The lowest BCUT2D eigenvalue weighted by Gasteiger charge is -2.36. The van der Waals surface area contributed by atoms with Crippen molar-refractivity contribution in [1.82, 2.24) is 9.91 Å². The SMILES string of the molecule is C#C.C/C=C\C(=C/C)C\C=C/C(/C=N/N(C)C(=NC)C1CCN(C(C)C)CC1)=C\C.C=C. The minimum Gasteiger partial charge on any atom is -0.301 e. The van der Waals surface area contributed by atoms with E-state index in [-0.39, 0.29) is 0 Å². The predicted octanol–water partition coefficient (Wildman–Crippen LogP) is 6.52. The van der Waals surface area contributed by atoms with Gasteiger partial charge in [0.1, 0.15) is 5.84 Å². The number of likely N-dealkylation sites (tertiary alicyclic amines) is 1. The standard InChI is InChI=1S/C24H40N4.C2H4.C2H2/c1-8-12-21(9-2)13-11-14-22(10-3)19-26-27(7)24(25-6)23-15-17-28(18-16-23)20(4)5;2*1-2/h8-12,14,19-20,23H,13,15-18H2,1-7H3;1-2H2;1-2H/b12-8-,14-11-,21-9+,22-10+,25-24?,26-19+;;. The Balaban J connectivity index is 0. The molecular formula is C28H46N4. The van der Waals surface area contributed by atoms with Crippen LogP contribution in [-0.4, -0.2) is 55.2 Å². The van der Waals surface area contributed by atoms with Crippen molar-refractivity contribution in [2.45, 2.75) is 59.9 Å². The van der Waals surface area contributed by atoms with E-state index in [0.29, 0.717) is 12.0 Å². The van der Waals surface area contributed by atoms with Crippen molar-refractivity contribution < 1.29 is 0 Å². The monoisotopic (exact) mass is 438 g/mol. The molecule has 4 nitrogen and oxygen atoms in total. The summed E-state index contributed by atoms with van der Waals surface area (Å²) in [5, 5.41) is 6.61. The number of hydrogen-bond donors (Lipinski definition) is 0. The van der Waals surface area contributed by atoms with Crippen LogP contribution in [0.15, 0.2) is 70.9 Å². The molecule has 32 heavy (non-hydrogen) atoms. The van der Waals surface area contributed by atoms with Crippen LogP contribution < -0.4 is 0 Å². The van der Waals surface area contributed by atoms with Crippen LogP contribution in [0.2, 0.25) is 0 Å². The van der Waals surface area contributed by atoms with E-state index in [1.807, 2.05) is 39.2 Å². The highest BCUT2D eigenvalue weighted by Gasteiger charge is 2.26. The van der Waals surface area contributed by atoms with Gasteiger partial charge in [0.05, 0.1) is 6.21 Å². The molecule has 0 spiro atoms. The molecule has 0 atom stereocenters. The first-order valence-corrected chi connectivity index (χ1v) is 11.4. The molecular weight excluding hydrogens is 392 g/mol. The van der Waals surface area contributed by atoms with E-state index in [2.05, 4.69) is 98.2 Å². The maximum absolute atomic E-state index is 4.67. The molecule has 0 aromatic heterocycles. The highest BCUT2D eigenvalue weighted by molar-refractivity contribution is 5.87. The lowest BCUT2D eigenvalue weighted by molar-refractivity contribution is 0.165. The number of terminal acetylenes is 1. The van der Waals surface area contributed by atoms with Gasteiger partial charge in [-0.15, -0.1) is 26.0 Å². The molecule has 0 amide bonds. The fourth-order valence-electron chi connectivity index (χ4n) is 3.52. The summed E-state index contributed by atoms with van der Waals surface area (Å²) >= 11 is 0. The Morgan fingerprint density at radius 1 is 1.09 bits per heavy atom. The summed E-state index contributed by atoms with van der Waals surface area (Å²) in [6, 6.07) is 0.624. The molecule has 0 aliphatic carbocycles. The second-order valence-electron chi connectivity index (χ2n) is 7.51. The number of allylic oxidation sites excluding steroid dienone is 8. The smallest absolute Gasteiger partial charge is 0.122 e. The molecule has 0 aromatic rings. The molecule has 1 heterocycles. The van der Waals surface area contributed by atoms with Gasteiger partial charge in [-0.25, -0.2) is 0 Å². The van der Waals surface area contributed by atoms with Gasteiger partial charge in [0.25, 0.3) is 0 Å². The second-order valence-corrected chi connectivity index (χ2v) is 7.51. The summed E-state index contributed by atoms with van der Waals surface area (Å²) in [5.41, 5.74) is 2.42. The zero-order chi connectivity index (χ0) is 24.9. The van der Waals surface area contributed by atoms with Crippen LogP contribution in [0.3, 0.4) is 0 Å². The third kappa shape index (κ3) is 12.3. The molecule has 1 fully saturated rings. The Bertz CT molecular complexity index is 681. The first-order chi connectivity index (χ1) is 15.5. The van der Waals surface area contributed by atoms with Gasteiger partial charge >= 0.3 is 0 Å². The maximum atomic E-state index is 4.67. The Kier molecular flexibility index (Phi) is 20.0. The second kappa shape index (κ2) is 20.3. The number of aliphatic imine (C=N–C) groups is 1. The number of piperidine rings is 1. The van der Waals surface area contributed by atoms with Crippen molar-refractivity contribution in [3.05, 3.63) is 60.8 Å². The van der Waals surface area contributed by atoms with Crippen LogP contribution in [0.1, 0.15) is 53.9 Å². The summed E-state index contributed by atoms with van der Waals surface area (Å²) in [5.74, 6) is 1.58. The van der Waals surface area contributed by atoms with Crippen LogP contribution >= 0.6 is 0 Å². The fraction of sp³-hybridized carbons (Fsp3) is 0.500. The first-order valence-electron chi connectivity index (χ1n) is 11.4. The highest BCUT2D eigenvalue weighted by Crippen LogP contribution is 2.21. The average molecular weight is 439 g/mol. The Morgan fingerprint density at radius 3 is 2.12 bits per heavy atom. The summed E-state index contributed by atoms with van der Waals surface area (Å²) in [7, 11) is 3.89. The largest absolute Gasteiger partial charge is 0.301 e. The molecule has 0 radical (unpaired) electrons. The molecule has 4 heteroatoms. The van der Waals surface area contributed by atoms with Gasteiger partial charge in [0, 0.05) is 26.1 Å². The molecule has 1 aliphatic heterocycles. The third-order valence-electron chi connectivity index (χ3n) is 5.31. The van der Waals surface area contributed by atoms with Crippen molar-refractivity contribution in [2.75, 3.05) is 27.2 Å². The normalized spacial score (nSPS) is 16.9. The number of amidine groups is 1. The van der Waals surface area contributed by atoms with Gasteiger partial charge in [-0.2, -0.15) is 5.10 Å². The van der Waals surface area contributed by atoms with Crippen molar-refractivity contribution in [1.29, 1.82) is 0 Å². The third-order valence-corrected chi connectivity index (χ3v) is 5.31. The Morgan fingerprint density at radius 2 is 1.69 bits per heavy atom. The lowest BCUT2D eigenvalue weighted by atomic mass is 9.94. The number of nitrogens with zero attached hydrogens (tertiary/aromatic N) is 4. The number of hydrogen-bond acceptors (Lipinski definition) is 3. The number of hydrazone groups is 1. The summed E-state index contributed by atoms with van der Waals surface area (Å²) in [6.07, 6.45) is 25.9. The zero-order valence-corrected chi connectivity index (χ0v) is 21.6. The quantitative estimate of drug-likeness (QED) is 0.108. The topological polar surface area (TPSA) is 31.2 Å². The van der Waals surface area contributed by atoms with E-state index in [1.165, 1.54) is 5.57 Å². The zero-order valence-electron chi connectivity index (χ0n) is 21.6. The minimum absolute atomic E-state index is 0.491. The molecule has 178 valence electrons. The van der Waals surface area contributed by atoms with Gasteiger partial charge in [0.15, 0.2) is 0 Å². The summed E-state index contributed by atoms with van der Waals surface area (Å²) < 4.78 is 0. The van der Waals surface area contributed by atoms with Gasteiger partial charge in [-0.3, -0.25) is 10.0 Å². The van der Waals surface area contributed by atoms with Gasteiger partial charge in [-0.1, -0.05) is 36.5 Å². The van der Waals surface area contributed by atoms with E-state index in [0.717, 1.165) is 43.8 Å². The molecule has 1 saturated heterocycles. The van der Waals surface area contributed by atoms with Crippen LogP contribution in [-0.2, 0) is 0 Å². The molecule has 1 rings (SSSR count). The van der Waals surface area contributed by atoms with Gasteiger partial charge < -0.3 is 4.90 Å². The maximum Gasteiger partial charge on any atom is 0.122 e. The first kappa shape index (κ1) is 31.5. The number of rotatable bonds is 8. The van der Waals surface area contributed by atoms with E-state index in [1.54, 1.807) is 0 Å². The van der Waals surface area contributed by atoms with Gasteiger partial charge in [-0.05, 0) is 78.1 Å². The van der Waals surface area contributed by atoms with Crippen LogP contribution in [0.25, 0.3) is 0 Å². The molecule has 0 unspecified atom stereocenters. The lowest BCUT2D eigenvalue weighted by Crippen LogP contribution is -2.42. The Hall–Kier alpha value is -2.64. The Labute approximate surface area is 198 Å². The summed E-state index contributed by atoms with van der Waals surface area (Å²) in [6.45, 7) is 19.0. The van der Waals surface area contributed by atoms with Crippen molar-refractivity contribution >= 4 is 12.1 Å². The van der Waals surface area contributed by atoms with E-state index >= 15 is 0 Å². The van der Waals surface area contributed by atoms with Crippen LogP contribution in [0, 0.1) is 18.8 Å². The highest BCUT2D eigenvalue weighted by atomic mass is 15.5. The molecule has 0 bridgehead atoms. The molecule has 0 saturated carbocycles. The van der Waals surface area contributed by atoms with E-state index < -0.39 is 0 Å². The average Bonchev–Trinajstić information content (AvgIpc) is 2.83. The molecule has 1 aliphatic rings. The molecule has 0 N–H and O–H groups in total. The van der Waals surface area contributed by atoms with E-state index in [9.17, 15) is 0 Å². The van der Waals surface area contributed by atoms with Gasteiger partial charge in [0.2, 0.25) is 0 Å². The minimum atomic E-state index is 0.491. The van der Waals surface area contributed by atoms with Crippen LogP contribution in [0.4, 0.5) is 0 Å². The van der Waals surface area contributed by atoms with E-state index in [4.69, 9.17) is 0 Å². The summed E-state index contributed by atoms with van der Waals surface area (Å²) in [4.78, 5) is 7.10. The van der Waals surface area contributed by atoms with Crippen LogP contribution in [0.5, 0.6) is 0 Å². The van der Waals surface area contributed by atoms with Crippen molar-refractivity contribution in [3.8, 4) is 12.8 Å². The van der Waals surface area contributed by atoms with Crippen molar-refractivity contribution in [3.63, 3.8) is 0 Å². The predicted molar refractivity (Wildman–Crippen MR) is 146 cm³/mol. The molecule has 0 aromatic carbocycles.